The largest absolute Gasteiger partial charge is 0.456 e. The summed E-state index contributed by atoms with van der Waals surface area (Å²) in [6.07, 6.45) is 1.57. The highest BCUT2D eigenvalue weighted by Crippen LogP contribution is 2.21. The zero-order valence-electron chi connectivity index (χ0n) is 9.05. The minimum Gasteiger partial charge on any atom is -0.456 e. The van der Waals surface area contributed by atoms with Crippen molar-refractivity contribution in [2.45, 2.75) is 12.5 Å². The number of ether oxygens (including phenoxy) is 1. The zero-order chi connectivity index (χ0) is 11.8. The number of nitrogens with zero attached hydrogens (tertiary/aromatic N) is 1. The minimum atomic E-state index is -0.453. The molecule has 0 saturated heterocycles. The van der Waals surface area contributed by atoms with Crippen LogP contribution in [0.4, 0.5) is 0 Å². The van der Waals surface area contributed by atoms with E-state index < -0.39 is 6.10 Å². The van der Waals surface area contributed by atoms with Gasteiger partial charge in [0, 0.05) is 0 Å². The topological polar surface area (TPSA) is 50.1 Å². The van der Waals surface area contributed by atoms with E-state index in [9.17, 15) is 4.79 Å². The molecule has 1 aromatic rings. The Balaban J connectivity index is 2.69. The van der Waals surface area contributed by atoms with Crippen molar-refractivity contribution < 1.29 is 9.53 Å². The van der Waals surface area contributed by atoms with Gasteiger partial charge in [0.1, 0.15) is 6.10 Å². The third-order valence-corrected chi connectivity index (χ3v) is 2.51. The van der Waals surface area contributed by atoms with E-state index in [-0.39, 0.29) is 12.4 Å². The summed E-state index contributed by atoms with van der Waals surface area (Å²) < 4.78 is 5.24. The number of nitriles is 1. The SMILES string of the molecule is CSCC(=O)O[C@@H](CC#N)c1ccccc1. The standard InChI is InChI=1S/C12H13NO2S/c1-16-9-12(14)15-11(7-8-13)10-5-3-2-4-6-10/h2-6,11H,7,9H2,1H3/t11-/m0/s1. The van der Waals surface area contributed by atoms with E-state index in [1.807, 2.05) is 42.7 Å². The number of esters is 1. The molecule has 0 aromatic heterocycles. The fourth-order valence-corrected chi connectivity index (χ4v) is 1.59. The predicted octanol–water partition coefficient (Wildman–Crippen LogP) is 2.55. The van der Waals surface area contributed by atoms with Crippen molar-refractivity contribution >= 4 is 17.7 Å². The molecule has 0 radical (unpaired) electrons. The highest BCUT2D eigenvalue weighted by molar-refractivity contribution is 7.99. The van der Waals surface area contributed by atoms with Crippen LogP contribution < -0.4 is 0 Å². The van der Waals surface area contributed by atoms with Gasteiger partial charge in [-0.25, -0.2) is 0 Å². The lowest BCUT2D eigenvalue weighted by atomic mass is 10.1. The quantitative estimate of drug-likeness (QED) is 0.736. The Kier molecular flexibility index (Phi) is 5.44. The van der Waals surface area contributed by atoms with Gasteiger partial charge in [-0.05, 0) is 11.8 Å². The molecule has 1 rings (SSSR count). The van der Waals surface area contributed by atoms with Crippen LogP contribution in [0, 0.1) is 11.3 Å². The first-order valence-electron chi connectivity index (χ1n) is 4.88. The zero-order valence-corrected chi connectivity index (χ0v) is 9.87. The summed E-state index contributed by atoms with van der Waals surface area (Å²) in [6, 6.07) is 11.4. The van der Waals surface area contributed by atoms with E-state index in [4.69, 9.17) is 10.00 Å². The van der Waals surface area contributed by atoms with Gasteiger partial charge in [0.15, 0.2) is 0 Å². The molecule has 0 aliphatic carbocycles. The molecule has 0 fully saturated rings. The van der Waals surface area contributed by atoms with Gasteiger partial charge < -0.3 is 4.74 Å². The molecule has 1 aromatic carbocycles. The smallest absolute Gasteiger partial charge is 0.316 e. The summed E-state index contributed by atoms with van der Waals surface area (Å²) in [6.45, 7) is 0. The van der Waals surface area contributed by atoms with E-state index in [1.165, 1.54) is 11.8 Å². The van der Waals surface area contributed by atoms with Crippen molar-refractivity contribution in [1.29, 1.82) is 5.26 Å². The second-order valence-electron chi connectivity index (χ2n) is 3.18. The maximum atomic E-state index is 11.3. The van der Waals surface area contributed by atoms with Crippen LogP contribution in [0.15, 0.2) is 30.3 Å². The monoisotopic (exact) mass is 235 g/mol. The van der Waals surface area contributed by atoms with Gasteiger partial charge in [0.25, 0.3) is 0 Å². The fourth-order valence-electron chi connectivity index (χ4n) is 1.29. The summed E-state index contributed by atoms with van der Waals surface area (Å²) >= 11 is 1.41. The van der Waals surface area contributed by atoms with Gasteiger partial charge in [-0.3, -0.25) is 4.79 Å². The number of rotatable bonds is 5. The molecule has 4 heteroatoms. The second kappa shape index (κ2) is 6.91. The molecule has 0 spiro atoms. The van der Waals surface area contributed by atoms with E-state index in [2.05, 4.69) is 0 Å². The van der Waals surface area contributed by atoms with Crippen LogP contribution in [0.5, 0.6) is 0 Å². The van der Waals surface area contributed by atoms with Crippen LogP contribution >= 0.6 is 11.8 Å². The molecule has 1 atom stereocenters. The molecule has 0 heterocycles. The van der Waals surface area contributed by atoms with Crippen molar-refractivity contribution in [3.8, 4) is 6.07 Å². The van der Waals surface area contributed by atoms with Crippen molar-refractivity contribution in [3.05, 3.63) is 35.9 Å². The van der Waals surface area contributed by atoms with Crippen LogP contribution in [0.1, 0.15) is 18.1 Å². The summed E-state index contributed by atoms with van der Waals surface area (Å²) in [5.41, 5.74) is 0.860. The second-order valence-corrected chi connectivity index (χ2v) is 4.05. The number of hydrogen-bond acceptors (Lipinski definition) is 4. The fraction of sp³-hybridized carbons (Fsp3) is 0.333. The first-order valence-corrected chi connectivity index (χ1v) is 6.27. The Hall–Kier alpha value is -1.47. The van der Waals surface area contributed by atoms with E-state index >= 15 is 0 Å². The first-order chi connectivity index (χ1) is 7.77. The third kappa shape index (κ3) is 3.95. The van der Waals surface area contributed by atoms with Gasteiger partial charge in [-0.1, -0.05) is 30.3 Å². The molecule has 0 amide bonds. The van der Waals surface area contributed by atoms with E-state index in [0.29, 0.717) is 5.75 Å². The predicted molar refractivity (Wildman–Crippen MR) is 63.9 cm³/mol. The summed E-state index contributed by atoms with van der Waals surface area (Å²) in [5, 5.41) is 8.69. The summed E-state index contributed by atoms with van der Waals surface area (Å²) in [7, 11) is 0. The lowest BCUT2D eigenvalue weighted by molar-refractivity contribution is -0.145. The van der Waals surface area contributed by atoms with Crippen LogP contribution in [-0.4, -0.2) is 18.0 Å². The van der Waals surface area contributed by atoms with Crippen molar-refractivity contribution in [1.82, 2.24) is 0 Å². The normalized spacial score (nSPS) is 11.5. The molecule has 0 bridgehead atoms. The highest BCUT2D eigenvalue weighted by atomic mass is 32.2. The number of benzene rings is 1. The van der Waals surface area contributed by atoms with Crippen LogP contribution in [-0.2, 0) is 9.53 Å². The van der Waals surface area contributed by atoms with Crippen molar-refractivity contribution in [2.24, 2.45) is 0 Å². The molecule has 16 heavy (non-hydrogen) atoms. The summed E-state index contributed by atoms with van der Waals surface area (Å²) in [5.74, 6) is 0.0333. The van der Waals surface area contributed by atoms with Crippen LogP contribution in [0.25, 0.3) is 0 Å². The average molecular weight is 235 g/mol. The van der Waals surface area contributed by atoms with Crippen LogP contribution in [0.2, 0.25) is 0 Å². The molecule has 0 aliphatic heterocycles. The molecule has 84 valence electrons. The molecule has 0 aliphatic rings. The Morgan fingerprint density at radius 3 is 2.75 bits per heavy atom. The number of carbonyl (C=O) groups is 1. The molecule has 0 unspecified atom stereocenters. The lowest BCUT2D eigenvalue weighted by Crippen LogP contribution is -2.12. The maximum Gasteiger partial charge on any atom is 0.316 e. The van der Waals surface area contributed by atoms with Gasteiger partial charge in [-0.2, -0.15) is 17.0 Å². The summed E-state index contributed by atoms with van der Waals surface area (Å²) in [4.78, 5) is 11.3. The Morgan fingerprint density at radius 2 is 2.19 bits per heavy atom. The Bertz CT molecular complexity index is 372. The van der Waals surface area contributed by atoms with Gasteiger partial charge >= 0.3 is 5.97 Å². The minimum absolute atomic E-state index is 0.185. The number of thioether (sulfide) groups is 1. The van der Waals surface area contributed by atoms with E-state index in [0.717, 1.165) is 5.56 Å². The third-order valence-electron chi connectivity index (χ3n) is 1.98. The molecule has 0 saturated carbocycles. The van der Waals surface area contributed by atoms with Gasteiger partial charge in [0.05, 0.1) is 18.2 Å². The lowest BCUT2D eigenvalue weighted by Gasteiger charge is -2.14. The van der Waals surface area contributed by atoms with E-state index in [1.54, 1.807) is 0 Å². The van der Waals surface area contributed by atoms with Crippen molar-refractivity contribution in [3.63, 3.8) is 0 Å². The highest BCUT2D eigenvalue weighted by Gasteiger charge is 2.15. The molecular weight excluding hydrogens is 222 g/mol. The number of hydrogen-bond donors (Lipinski definition) is 0. The Labute approximate surface area is 99.4 Å². The van der Waals surface area contributed by atoms with Gasteiger partial charge in [-0.15, -0.1) is 0 Å². The average Bonchev–Trinajstić information content (AvgIpc) is 2.30. The Morgan fingerprint density at radius 1 is 1.50 bits per heavy atom. The molecule has 3 nitrogen and oxygen atoms in total. The molecule has 0 N–H and O–H groups in total. The first kappa shape index (κ1) is 12.6. The maximum absolute atomic E-state index is 11.3. The van der Waals surface area contributed by atoms with Crippen LogP contribution in [0.3, 0.4) is 0 Å². The molecular formula is C12H13NO2S. The number of carbonyl (C=O) groups excluding carboxylic acids is 1. The van der Waals surface area contributed by atoms with Crippen molar-refractivity contribution in [2.75, 3.05) is 12.0 Å². The van der Waals surface area contributed by atoms with Gasteiger partial charge in [0.2, 0.25) is 0 Å².